The molecule has 1 N–H and O–H groups in total. The van der Waals surface area contributed by atoms with Gasteiger partial charge in [-0.15, -0.1) is 0 Å². The molecule has 2 aromatic rings. The van der Waals surface area contributed by atoms with Crippen LogP contribution in [-0.2, 0) is 6.54 Å². The van der Waals surface area contributed by atoms with Crippen LogP contribution in [-0.4, -0.2) is 29.3 Å². The highest BCUT2D eigenvalue weighted by Gasteiger charge is 2.32. The van der Waals surface area contributed by atoms with Crippen LogP contribution in [0.15, 0.2) is 30.3 Å². The summed E-state index contributed by atoms with van der Waals surface area (Å²) >= 11 is 0. The first-order valence-corrected chi connectivity index (χ1v) is 8.74. The molecular formula is C19H23N3O2. The molecule has 5 nitrogen and oxygen atoms in total. The molecule has 0 unspecified atom stereocenters. The highest BCUT2D eigenvalue weighted by atomic mass is 16.5. The van der Waals surface area contributed by atoms with E-state index < -0.39 is 0 Å². The van der Waals surface area contributed by atoms with Gasteiger partial charge in [0.05, 0.1) is 19.3 Å². The summed E-state index contributed by atoms with van der Waals surface area (Å²) in [5, 5.41) is 7.76. The fourth-order valence-electron chi connectivity index (χ4n) is 3.06. The van der Waals surface area contributed by atoms with E-state index in [1.807, 2.05) is 12.1 Å². The molecule has 1 amide bonds. The van der Waals surface area contributed by atoms with Crippen molar-refractivity contribution in [2.24, 2.45) is 0 Å². The third kappa shape index (κ3) is 3.30. The van der Waals surface area contributed by atoms with E-state index in [2.05, 4.69) is 16.1 Å². The van der Waals surface area contributed by atoms with Gasteiger partial charge in [-0.25, -0.2) is 0 Å². The summed E-state index contributed by atoms with van der Waals surface area (Å²) in [6.45, 7) is 1.32. The van der Waals surface area contributed by atoms with Crippen molar-refractivity contribution in [3.05, 3.63) is 47.3 Å². The minimum absolute atomic E-state index is 0.0727. The van der Waals surface area contributed by atoms with Gasteiger partial charge in [0.15, 0.2) is 0 Å². The summed E-state index contributed by atoms with van der Waals surface area (Å²) in [6.07, 6.45) is 5.08. The van der Waals surface area contributed by atoms with Gasteiger partial charge in [0.25, 0.3) is 5.91 Å². The number of hydrogen-bond donors (Lipinski definition) is 1. The van der Waals surface area contributed by atoms with E-state index in [-0.39, 0.29) is 5.91 Å². The van der Waals surface area contributed by atoms with E-state index in [0.29, 0.717) is 29.7 Å². The molecular weight excluding hydrogens is 302 g/mol. The molecule has 1 heterocycles. The third-order valence-corrected chi connectivity index (χ3v) is 4.76. The van der Waals surface area contributed by atoms with E-state index in [0.717, 1.165) is 6.54 Å². The molecule has 24 heavy (non-hydrogen) atoms. The van der Waals surface area contributed by atoms with Crippen molar-refractivity contribution in [3.63, 3.8) is 0 Å². The number of benzene rings is 1. The van der Waals surface area contributed by atoms with Crippen LogP contribution in [0, 0.1) is 0 Å². The normalized spacial score (nSPS) is 16.9. The number of carbonyl (C=O) groups excluding carboxylic acids is 1. The van der Waals surface area contributed by atoms with Crippen LogP contribution in [0.25, 0.3) is 0 Å². The number of methoxy groups -OCH3 is 1. The number of nitrogens with zero attached hydrogens (tertiary/aromatic N) is 2. The molecule has 0 aliphatic heterocycles. The van der Waals surface area contributed by atoms with E-state index in [4.69, 9.17) is 9.84 Å². The first-order chi connectivity index (χ1) is 11.7. The molecule has 2 saturated carbocycles. The summed E-state index contributed by atoms with van der Waals surface area (Å²) in [4.78, 5) is 12.3. The largest absolute Gasteiger partial charge is 0.497 e. The summed E-state index contributed by atoms with van der Waals surface area (Å²) < 4.78 is 7.27. The molecule has 5 heteroatoms. The molecule has 2 aliphatic carbocycles. The van der Waals surface area contributed by atoms with Crippen molar-refractivity contribution < 1.29 is 9.53 Å². The number of amides is 1. The van der Waals surface area contributed by atoms with Crippen molar-refractivity contribution in [1.29, 1.82) is 0 Å². The number of aromatic nitrogens is 2. The van der Waals surface area contributed by atoms with E-state index in [1.54, 1.807) is 19.2 Å². The maximum atomic E-state index is 12.3. The molecule has 0 bridgehead atoms. The number of carbonyl (C=O) groups is 1. The monoisotopic (exact) mass is 325 g/mol. The maximum Gasteiger partial charge on any atom is 0.251 e. The van der Waals surface area contributed by atoms with Crippen molar-refractivity contribution >= 4 is 5.91 Å². The summed E-state index contributed by atoms with van der Waals surface area (Å²) in [7, 11) is 1.60. The van der Waals surface area contributed by atoms with Gasteiger partial charge < -0.3 is 10.1 Å². The smallest absolute Gasteiger partial charge is 0.251 e. The fourth-order valence-corrected chi connectivity index (χ4v) is 3.06. The molecule has 4 rings (SSSR count). The summed E-state index contributed by atoms with van der Waals surface area (Å²) in [5.74, 6) is 1.98. The molecule has 1 aromatic carbocycles. The summed E-state index contributed by atoms with van der Waals surface area (Å²) in [5.41, 5.74) is 3.22. The van der Waals surface area contributed by atoms with Crippen LogP contribution in [0.3, 0.4) is 0 Å². The van der Waals surface area contributed by atoms with Gasteiger partial charge in [-0.1, -0.05) is 6.07 Å². The van der Waals surface area contributed by atoms with Crippen LogP contribution in [0.5, 0.6) is 5.75 Å². The zero-order valence-electron chi connectivity index (χ0n) is 14.0. The Morgan fingerprint density at radius 3 is 2.75 bits per heavy atom. The van der Waals surface area contributed by atoms with Crippen molar-refractivity contribution in [2.75, 3.05) is 13.7 Å². The lowest BCUT2D eigenvalue weighted by atomic mass is 10.2. The predicted octanol–water partition coefficient (Wildman–Crippen LogP) is 3.08. The average molecular weight is 325 g/mol. The van der Waals surface area contributed by atoms with E-state index >= 15 is 0 Å². The maximum absolute atomic E-state index is 12.3. The van der Waals surface area contributed by atoms with Crippen LogP contribution in [0.2, 0.25) is 0 Å². The van der Waals surface area contributed by atoms with Gasteiger partial charge >= 0.3 is 0 Å². The van der Waals surface area contributed by atoms with Gasteiger partial charge in [-0.2, -0.15) is 5.10 Å². The molecule has 0 atom stereocenters. The van der Waals surface area contributed by atoms with E-state index in [9.17, 15) is 4.79 Å². The average Bonchev–Trinajstić information content (AvgIpc) is 3.53. The lowest BCUT2D eigenvalue weighted by molar-refractivity contribution is 0.0951. The van der Waals surface area contributed by atoms with Crippen LogP contribution < -0.4 is 10.1 Å². The second kappa shape index (κ2) is 6.30. The molecule has 0 saturated heterocycles. The van der Waals surface area contributed by atoms with Gasteiger partial charge in [0, 0.05) is 29.6 Å². The Morgan fingerprint density at radius 1 is 1.25 bits per heavy atom. The molecule has 126 valence electrons. The number of rotatable bonds is 7. The molecule has 2 fully saturated rings. The molecule has 2 aliphatic rings. The molecule has 0 spiro atoms. The Labute approximate surface area is 142 Å². The lowest BCUT2D eigenvalue weighted by Crippen LogP contribution is -2.28. The third-order valence-electron chi connectivity index (χ3n) is 4.76. The zero-order chi connectivity index (χ0) is 16.5. The Balaban J connectivity index is 1.37. The number of nitrogens with one attached hydrogen (secondary N) is 1. The number of hydrogen-bond acceptors (Lipinski definition) is 3. The number of ether oxygens (including phenoxy) is 1. The predicted molar refractivity (Wildman–Crippen MR) is 91.5 cm³/mol. The first-order valence-electron chi connectivity index (χ1n) is 8.74. The summed E-state index contributed by atoms with van der Waals surface area (Å²) in [6, 6.07) is 9.51. The van der Waals surface area contributed by atoms with Crippen molar-refractivity contribution in [3.8, 4) is 5.75 Å². The van der Waals surface area contributed by atoms with E-state index in [1.165, 1.54) is 37.1 Å². The minimum atomic E-state index is -0.0727. The van der Waals surface area contributed by atoms with Gasteiger partial charge in [-0.3, -0.25) is 9.48 Å². The Bertz CT molecular complexity index is 745. The quantitative estimate of drug-likeness (QED) is 0.851. The van der Waals surface area contributed by atoms with Crippen LogP contribution >= 0.6 is 0 Å². The topological polar surface area (TPSA) is 56.1 Å². The van der Waals surface area contributed by atoms with Gasteiger partial charge in [0.2, 0.25) is 0 Å². The second-order valence-electron chi connectivity index (χ2n) is 6.75. The molecule has 0 radical (unpaired) electrons. The fraction of sp³-hybridized carbons (Fsp3) is 0.474. The Morgan fingerprint density at radius 2 is 2.04 bits per heavy atom. The zero-order valence-corrected chi connectivity index (χ0v) is 14.0. The van der Waals surface area contributed by atoms with Crippen molar-refractivity contribution in [2.45, 2.75) is 44.1 Å². The SMILES string of the molecule is COc1cccc(C(=O)NCCn2nc(C3CC3)cc2C2CC2)c1. The minimum Gasteiger partial charge on any atom is -0.497 e. The highest BCUT2D eigenvalue weighted by Crippen LogP contribution is 2.44. The second-order valence-corrected chi connectivity index (χ2v) is 6.75. The van der Waals surface area contributed by atoms with Crippen molar-refractivity contribution in [1.82, 2.24) is 15.1 Å². The molecule has 1 aromatic heterocycles. The van der Waals surface area contributed by atoms with Gasteiger partial charge in [0.1, 0.15) is 5.75 Å². The standard InChI is InChI=1S/C19H23N3O2/c1-24-16-4-2-3-15(11-16)19(23)20-9-10-22-18(14-7-8-14)12-17(21-22)13-5-6-13/h2-4,11-14H,5-10H2,1H3,(H,20,23). The Kier molecular flexibility index (Phi) is 4.00. The highest BCUT2D eigenvalue weighted by molar-refractivity contribution is 5.94. The van der Waals surface area contributed by atoms with Crippen LogP contribution in [0.1, 0.15) is 59.3 Å². The van der Waals surface area contributed by atoms with Crippen LogP contribution in [0.4, 0.5) is 0 Å². The Hall–Kier alpha value is -2.30. The first kappa shape index (κ1) is 15.2. The van der Waals surface area contributed by atoms with Gasteiger partial charge in [-0.05, 0) is 49.9 Å². The lowest BCUT2D eigenvalue weighted by Gasteiger charge is -2.09.